The van der Waals surface area contributed by atoms with Gasteiger partial charge in [-0.1, -0.05) is 35.6 Å². The zero-order chi connectivity index (χ0) is 19.2. The highest BCUT2D eigenvalue weighted by Gasteiger charge is 2.31. The molecule has 27 heavy (non-hydrogen) atoms. The molecule has 2 amide bonds. The number of hydrogen-bond donors (Lipinski definition) is 3. The van der Waals surface area contributed by atoms with E-state index < -0.39 is 6.04 Å². The second-order valence-electron chi connectivity index (χ2n) is 6.54. The number of carbonyl (C=O) groups excluding carboxylic acids is 2. The fourth-order valence-corrected chi connectivity index (χ4v) is 3.71. The summed E-state index contributed by atoms with van der Waals surface area (Å²) >= 11 is 1.31. The van der Waals surface area contributed by atoms with Crippen molar-refractivity contribution in [2.45, 2.75) is 32.4 Å². The van der Waals surface area contributed by atoms with Crippen molar-refractivity contribution >= 4 is 28.3 Å². The molecule has 2 heterocycles. The largest absolute Gasteiger partial charge is 0.374 e. The zero-order valence-electron chi connectivity index (χ0n) is 15.3. The molecule has 1 saturated heterocycles. The van der Waals surface area contributed by atoms with E-state index >= 15 is 0 Å². The Morgan fingerprint density at radius 2 is 2.22 bits per heavy atom. The maximum atomic E-state index is 12.4. The van der Waals surface area contributed by atoms with Crippen molar-refractivity contribution in [1.82, 2.24) is 25.7 Å². The Hall–Kier alpha value is -2.52. The van der Waals surface area contributed by atoms with Crippen molar-refractivity contribution in [3.05, 3.63) is 40.4 Å². The van der Waals surface area contributed by atoms with Gasteiger partial charge in [-0.3, -0.25) is 14.5 Å². The van der Waals surface area contributed by atoms with Crippen LogP contribution < -0.4 is 16.4 Å². The Kier molecular flexibility index (Phi) is 6.36. The fraction of sp³-hybridized carbons (Fsp3) is 0.444. The number of anilines is 1. The normalized spacial score (nSPS) is 17.5. The molecular formula is C18H24N6O2S. The summed E-state index contributed by atoms with van der Waals surface area (Å²) in [5, 5.41) is 14.6. The Morgan fingerprint density at radius 1 is 1.41 bits per heavy atom. The van der Waals surface area contributed by atoms with Crippen molar-refractivity contribution in [3.8, 4) is 0 Å². The molecule has 8 nitrogen and oxygen atoms in total. The summed E-state index contributed by atoms with van der Waals surface area (Å²) in [6.07, 6.45) is 0.709. The maximum Gasteiger partial charge on any atom is 0.237 e. The third-order valence-corrected chi connectivity index (χ3v) is 5.41. The van der Waals surface area contributed by atoms with Crippen molar-refractivity contribution in [1.29, 1.82) is 0 Å². The minimum atomic E-state index is -0.462. The topological polar surface area (TPSA) is 113 Å². The first-order chi connectivity index (χ1) is 13.0. The highest BCUT2D eigenvalue weighted by atomic mass is 32.1. The number of hydrogen-bond acceptors (Lipinski definition) is 7. The molecular weight excluding hydrogens is 364 g/mol. The van der Waals surface area contributed by atoms with Crippen molar-refractivity contribution in [2.75, 3.05) is 25.4 Å². The predicted molar refractivity (Wildman–Crippen MR) is 104 cm³/mol. The molecule has 3 rings (SSSR count). The molecule has 1 fully saturated rings. The molecule has 2 aromatic rings. The Labute approximate surface area is 162 Å². The lowest BCUT2D eigenvalue weighted by Crippen LogP contribution is -2.56. The van der Waals surface area contributed by atoms with Crippen LogP contribution >= 0.6 is 11.3 Å². The van der Waals surface area contributed by atoms with Crippen LogP contribution in [-0.4, -0.2) is 52.6 Å². The molecule has 1 unspecified atom stereocenters. The van der Waals surface area contributed by atoms with Crippen molar-refractivity contribution < 1.29 is 9.59 Å². The van der Waals surface area contributed by atoms with E-state index in [2.05, 4.69) is 44.8 Å². The average molecular weight is 388 g/mol. The first kappa shape index (κ1) is 19.2. The van der Waals surface area contributed by atoms with Gasteiger partial charge in [-0.05, 0) is 18.1 Å². The van der Waals surface area contributed by atoms with Gasteiger partial charge in [0.15, 0.2) is 0 Å². The minimum Gasteiger partial charge on any atom is -0.374 e. The first-order valence-electron chi connectivity index (χ1n) is 8.94. The Balaban J connectivity index is 1.55. The molecule has 0 bridgehead atoms. The number of carbonyl (C=O) groups is 2. The highest BCUT2D eigenvalue weighted by molar-refractivity contribution is 7.15. The zero-order valence-corrected chi connectivity index (χ0v) is 16.1. The number of nitrogens with one attached hydrogen (secondary N) is 2. The highest BCUT2D eigenvalue weighted by Crippen LogP contribution is 2.16. The van der Waals surface area contributed by atoms with E-state index in [4.69, 9.17) is 5.73 Å². The minimum absolute atomic E-state index is 0.0955. The van der Waals surface area contributed by atoms with Gasteiger partial charge in [-0.25, -0.2) is 0 Å². The van der Waals surface area contributed by atoms with Gasteiger partial charge in [0.25, 0.3) is 0 Å². The van der Waals surface area contributed by atoms with Crippen LogP contribution in [0.4, 0.5) is 5.13 Å². The number of nitrogen functional groups attached to an aromatic ring is 1. The van der Waals surface area contributed by atoms with Gasteiger partial charge in [0.05, 0.1) is 12.5 Å². The van der Waals surface area contributed by atoms with Crippen molar-refractivity contribution in [3.63, 3.8) is 0 Å². The fourth-order valence-electron chi connectivity index (χ4n) is 3.10. The van der Waals surface area contributed by atoms with Crippen LogP contribution in [0.2, 0.25) is 0 Å². The molecule has 0 spiro atoms. The van der Waals surface area contributed by atoms with E-state index in [0.717, 1.165) is 11.6 Å². The van der Waals surface area contributed by atoms with Gasteiger partial charge in [-0.15, -0.1) is 10.2 Å². The second kappa shape index (κ2) is 8.92. The van der Waals surface area contributed by atoms with Crippen LogP contribution in [0.5, 0.6) is 0 Å². The third kappa shape index (κ3) is 5.24. The molecule has 0 aliphatic carbocycles. The van der Waals surface area contributed by atoms with E-state index in [1.807, 2.05) is 12.1 Å². The maximum absolute atomic E-state index is 12.4. The Morgan fingerprint density at radius 3 is 2.96 bits per heavy atom. The van der Waals surface area contributed by atoms with Crippen molar-refractivity contribution in [2.24, 2.45) is 0 Å². The summed E-state index contributed by atoms with van der Waals surface area (Å²) in [6, 6.07) is 7.65. The lowest BCUT2D eigenvalue weighted by molar-refractivity contribution is -0.134. The number of piperazine rings is 1. The van der Waals surface area contributed by atoms with Crippen LogP contribution in [0.15, 0.2) is 24.3 Å². The van der Waals surface area contributed by atoms with E-state index in [0.29, 0.717) is 31.2 Å². The van der Waals surface area contributed by atoms with Gasteiger partial charge in [-0.2, -0.15) is 0 Å². The Bertz CT molecular complexity index is 809. The molecule has 144 valence electrons. The monoisotopic (exact) mass is 388 g/mol. The summed E-state index contributed by atoms with van der Waals surface area (Å²) in [5.41, 5.74) is 7.90. The molecule has 4 N–H and O–H groups in total. The lowest BCUT2D eigenvalue weighted by atomic mass is 10.0. The number of benzene rings is 1. The number of aryl methyl sites for hydroxylation is 1. The molecule has 1 aromatic heterocycles. The van der Waals surface area contributed by atoms with Crippen LogP contribution in [0.1, 0.15) is 22.6 Å². The van der Waals surface area contributed by atoms with Gasteiger partial charge in [0, 0.05) is 32.6 Å². The van der Waals surface area contributed by atoms with Crippen LogP contribution in [0, 0.1) is 6.92 Å². The molecule has 9 heteroatoms. The quantitative estimate of drug-likeness (QED) is 0.636. The summed E-state index contributed by atoms with van der Waals surface area (Å²) in [6.45, 7) is 4.48. The standard InChI is InChI=1S/C18H24N6O2S/c1-12-4-2-3-5-13(12)11-24-9-8-21-17(26)14(24)10-15(25)20-7-6-16-22-23-18(19)27-16/h2-5,14H,6-11H2,1H3,(H2,19,23)(H,20,25)(H,21,26). The summed E-state index contributed by atoms with van der Waals surface area (Å²) in [7, 11) is 0. The van der Waals surface area contributed by atoms with E-state index in [1.165, 1.54) is 22.5 Å². The van der Waals surface area contributed by atoms with E-state index in [1.54, 1.807) is 0 Å². The first-order valence-corrected chi connectivity index (χ1v) is 9.75. The van der Waals surface area contributed by atoms with Crippen LogP contribution in [-0.2, 0) is 22.6 Å². The predicted octanol–water partition coefficient (Wildman–Crippen LogP) is 0.478. The number of amides is 2. The molecule has 1 aliphatic rings. The van der Waals surface area contributed by atoms with Gasteiger partial charge >= 0.3 is 0 Å². The SMILES string of the molecule is Cc1ccccc1CN1CCNC(=O)C1CC(=O)NCCc1nnc(N)s1. The van der Waals surface area contributed by atoms with E-state index in [-0.39, 0.29) is 18.2 Å². The van der Waals surface area contributed by atoms with Crippen LogP contribution in [0.25, 0.3) is 0 Å². The summed E-state index contributed by atoms with van der Waals surface area (Å²) < 4.78 is 0. The second-order valence-corrected chi connectivity index (χ2v) is 7.64. The molecule has 1 aliphatic heterocycles. The number of nitrogens with two attached hydrogens (primary N) is 1. The van der Waals surface area contributed by atoms with Gasteiger partial charge in [0.1, 0.15) is 5.01 Å². The number of rotatable bonds is 7. The average Bonchev–Trinajstić information content (AvgIpc) is 3.05. The third-order valence-electron chi connectivity index (χ3n) is 4.60. The van der Waals surface area contributed by atoms with E-state index in [9.17, 15) is 9.59 Å². The molecule has 0 saturated carbocycles. The smallest absolute Gasteiger partial charge is 0.237 e. The molecule has 1 aromatic carbocycles. The lowest BCUT2D eigenvalue weighted by Gasteiger charge is -2.35. The van der Waals surface area contributed by atoms with Gasteiger partial charge in [0.2, 0.25) is 16.9 Å². The number of nitrogens with zero attached hydrogens (tertiary/aromatic N) is 3. The summed E-state index contributed by atoms with van der Waals surface area (Å²) in [4.78, 5) is 26.8. The molecule has 0 radical (unpaired) electrons. The van der Waals surface area contributed by atoms with Crippen LogP contribution in [0.3, 0.4) is 0 Å². The molecule has 1 atom stereocenters. The van der Waals surface area contributed by atoms with Gasteiger partial charge < -0.3 is 16.4 Å². The number of aromatic nitrogens is 2. The summed E-state index contributed by atoms with van der Waals surface area (Å²) in [5.74, 6) is -0.244.